The van der Waals surface area contributed by atoms with Gasteiger partial charge < -0.3 is 13.9 Å². The lowest BCUT2D eigenvalue weighted by Crippen LogP contribution is -2.15. The molecule has 2 aromatic heterocycles. The molecule has 0 aliphatic carbocycles. The number of hydrogen-bond acceptors (Lipinski definition) is 4. The first-order valence-electron chi connectivity index (χ1n) is 7.61. The molecule has 0 saturated carbocycles. The summed E-state index contributed by atoms with van der Waals surface area (Å²) in [5.41, 5.74) is 2.78. The number of fused-ring (bicyclic) bond motifs is 1. The molecule has 0 fully saturated rings. The molecule has 0 aliphatic rings. The SMILES string of the molecule is Cc1cc(Cl)ccc1OCC(=O)OCc1cn2ccccc2c1C#N. The Morgan fingerprint density at radius 1 is 1.32 bits per heavy atom. The van der Waals surface area contributed by atoms with E-state index >= 15 is 0 Å². The Balaban J connectivity index is 1.62. The lowest BCUT2D eigenvalue weighted by atomic mass is 10.2. The van der Waals surface area contributed by atoms with E-state index < -0.39 is 5.97 Å². The van der Waals surface area contributed by atoms with Gasteiger partial charge in [0, 0.05) is 23.0 Å². The van der Waals surface area contributed by atoms with Crippen LogP contribution in [0.4, 0.5) is 0 Å². The van der Waals surface area contributed by atoms with Gasteiger partial charge in [-0.05, 0) is 42.8 Å². The molecule has 0 aliphatic heterocycles. The van der Waals surface area contributed by atoms with Crippen molar-refractivity contribution in [1.82, 2.24) is 4.40 Å². The minimum atomic E-state index is -0.506. The molecule has 126 valence electrons. The van der Waals surface area contributed by atoms with E-state index in [1.54, 1.807) is 24.4 Å². The summed E-state index contributed by atoms with van der Waals surface area (Å²) in [6.45, 7) is 1.66. The average molecular weight is 355 g/mol. The van der Waals surface area contributed by atoms with Crippen LogP contribution in [-0.2, 0) is 16.1 Å². The fourth-order valence-corrected chi connectivity index (χ4v) is 2.75. The molecule has 2 heterocycles. The zero-order chi connectivity index (χ0) is 17.8. The van der Waals surface area contributed by atoms with E-state index in [0.29, 0.717) is 21.9 Å². The summed E-state index contributed by atoms with van der Waals surface area (Å²) >= 11 is 5.88. The van der Waals surface area contributed by atoms with Crippen LogP contribution in [0.1, 0.15) is 16.7 Å². The normalized spacial score (nSPS) is 10.4. The van der Waals surface area contributed by atoms with Crippen LogP contribution in [-0.4, -0.2) is 17.0 Å². The Hall–Kier alpha value is -2.97. The lowest BCUT2D eigenvalue weighted by molar-refractivity contribution is -0.147. The van der Waals surface area contributed by atoms with Crippen molar-refractivity contribution in [3.63, 3.8) is 0 Å². The van der Waals surface area contributed by atoms with Crippen LogP contribution in [0.25, 0.3) is 5.52 Å². The van der Waals surface area contributed by atoms with Gasteiger partial charge >= 0.3 is 5.97 Å². The van der Waals surface area contributed by atoms with E-state index in [1.165, 1.54) is 0 Å². The third-order valence-corrected chi connectivity index (χ3v) is 3.98. The Labute approximate surface area is 150 Å². The van der Waals surface area contributed by atoms with Crippen LogP contribution < -0.4 is 4.74 Å². The van der Waals surface area contributed by atoms with E-state index in [2.05, 4.69) is 6.07 Å². The van der Waals surface area contributed by atoms with Crippen molar-refractivity contribution in [3.8, 4) is 11.8 Å². The van der Waals surface area contributed by atoms with Gasteiger partial charge in [0.2, 0.25) is 0 Å². The average Bonchev–Trinajstić information content (AvgIpc) is 2.96. The topological polar surface area (TPSA) is 63.7 Å². The van der Waals surface area contributed by atoms with Crippen LogP contribution in [0.3, 0.4) is 0 Å². The molecule has 0 spiro atoms. The quantitative estimate of drug-likeness (QED) is 0.652. The standard InChI is InChI=1S/C19H15ClN2O3/c1-13-8-15(20)5-6-18(13)24-12-19(23)25-11-14-10-22-7-3-2-4-17(22)16(14)9-21/h2-8,10H,11-12H2,1H3. The largest absolute Gasteiger partial charge is 0.482 e. The molecule has 6 heteroatoms. The number of hydrogen-bond donors (Lipinski definition) is 0. The zero-order valence-electron chi connectivity index (χ0n) is 13.5. The van der Waals surface area contributed by atoms with Crippen LogP contribution in [0.15, 0.2) is 48.8 Å². The molecule has 0 amide bonds. The zero-order valence-corrected chi connectivity index (χ0v) is 14.3. The van der Waals surface area contributed by atoms with Crippen molar-refractivity contribution in [3.05, 3.63) is 70.5 Å². The first-order valence-corrected chi connectivity index (χ1v) is 7.99. The van der Waals surface area contributed by atoms with E-state index in [1.807, 2.05) is 35.7 Å². The Kier molecular flexibility index (Phi) is 4.92. The maximum Gasteiger partial charge on any atom is 0.344 e. The molecule has 0 saturated heterocycles. The number of aromatic nitrogens is 1. The van der Waals surface area contributed by atoms with Gasteiger partial charge in [-0.25, -0.2) is 4.79 Å². The summed E-state index contributed by atoms with van der Waals surface area (Å²) in [5, 5.41) is 9.94. The minimum Gasteiger partial charge on any atom is -0.482 e. The van der Waals surface area contributed by atoms with Gasteiger partial charge in [0.15, 0.2) is 6.61 Å². The second kappa shape index (κ2) is 7.29. The van der Waals surface area contributed by atoms with Crippen molar-refractivity contribution >= 4 is 23.1 Å². The van der Waals surface area contributed by atoms with Crippen LogP contribution >= 0.6 is 11.6 Å². The number of carbonyl (C=O) groups excluding carboxylic acids is 1. The number of pyridine rings is 1. The minimum absolute atomic E-state index is 0.0202. The summed E-state index contributed by atoms with van der Waals surface area (Å²) in [6.07, 6.45) is 3.62. The maximum absolute atomic E-state index is 11.9. The van der Waals surface area contributed by atoms with Gasteiger partial charge in [-0.15, -0.1) is 0 Å². The van der Waals surface area contributed by atoms with Crippen molar-refractivity contribution in [2.24, 2.45) is 0 Å². The molecule has 0 atom stereocenters. The fraction of sp³-hybridized carbons (Fsp3) is 0.158. The molecule has 0 bridgehead atoms. The summed E-state index contributed by atoms with van der Waals surface area (Å²) in [4.78, 5) is 11.9. The molecule has 0 radical (unpaired) electrons. The second-order valence-corrected chi connectivity index (χ2v) is 5.93. The van der Waals surface area contributed by atoms with E-state index in [9.17, 15) is 10.1 Å². The maximum atomic E-state index is 11.9. The Morgan fingerprint density at radius 3 is 2.92 bits per heavy atom. The van der Waals surface area contributed by atoms with Crippen molar-refractivity contribution < 1.29 is 14.3 Å². The number of aryl methyl sites for hydroxylation is 1. The number of esters is 1. The predicted molar refractivity (Wildman–Crippen MR) is 93.6 cm³/mol. The van der Waals surface area contributed by atoms with Crippen LogP contribution in [0.5, 0.6) is 5.75 Å². The summed E-state index contributed by atoms with van der Waals surface area (Å²) in [7, 11) is 0. The van der Waals surface area contributed by atoms with E-state index in [-0.39, 0.29) is 13.2 Å². The van der Waals surface area contributed by atoms with Gasteiger partial charge in [-0.1, -0.05) is 17.7 Å². The highest BCUT2D eigenvalue weighted by molar-refractivity contribution is 6.30. The van der Waals surface area contributed by atoms with Crippen LogP contribution in [0.2, 0.25) is 5.02 Å². The monoisotopic (exact) mass is 354 g/mol. The number of rotatable bonds is 5. The third kappa shape index (κ3) is 3.76. The van der Waals surface area contributed by atoms with Gasteiger partial charge in [-0.2, -0.15) is 5.26 Å². The van der Waals surface area contributed by atoms with Gasteiger partial charge in [0.25, 0.3) is 0 Å². The smallest absolute Gasteiger partial charge is 0.344 e. The predicted octanol–water partition coefficient (Wildman–Crippen LogP) is 3.90. The van der Waals surface area contributed by atoms with Gasteiger partial charge in [-0.3, -0.25) is 0 Å². The molecular weight excluding hydrogens is 340 g/mol. The third-order valence-electron chi connectivity index (χ3n) is 3.75. The highest BCUT2D eigenvalue weighted by Crippen LogP contribution is 2.22. The molecule has 1 aromatic carbocycles. The van der Waals surface area contributed by atoms with E-state index in [0.717, 1.165) is 11.1 Å². The van der Waals surface area contributed by atoms with Crippen LogP contribution in [0, 0.1) is 18.3 Å². The number of nitriles is 1. The summed E-state index contributed by atoms with van der Waals surface area (Å²) < 4.78 is 12.5. The molecule has 0 N–H and O–H groups in total. The Bertz CT molecular complexity index is 972. The van der Waals surface area contributed by atoms with Gasteiger partial charge in [0.1, 0.15) is 18.4 Å². The first-order chi connectivity index (χ1) is 12.1. The van der Waals surface area contributed by atoms with Crippen molar-refractivity contribution in [2.45, 2.75) is 13.5 Å². The first kappa shape index (κ1) is 16.9. The summed E-state index contributed by atoms with van der Waals surface area (Å²) in [6, 6.07) is 12.9. The van der Waals surface area contributed by atoms with E-state index in [4.69, 9.17) is 21.1 Å². The number of nitrogens with zero attached hydrogens (tertiary/aromatic N) is 2. The van der Waals surface area contributed by atoms with Crippen molar-refractivity contribution in [1.29, 1.82) is 5.26 Å². The number of halogens is 1. The molecule has 0 unspecified atom stereocenters. The highest BCUT2D eigenvalue weighted by atomic mass is 35.5. The van der Waals surface area contributed by atoms with Crippen molar-refractivity contribution in [2.75, 3.05) is 6.61 Å². The number of benzene rings is 1. The fourth-order valence-electron chi connectivity index (χ4n) is 2.53. The molecular formula is C19H15ClN2O3. The highest BCUT2D eigenvalue weighted by Gasteiger charge is 2.13. The lowest BCUT2D eigenvalue weighted by Gasteiger charge is -2.09. The van der Waals surface area contributed by atoms with Gasteiger partial charge in [0.05, 0.1) is 11.1 Å². The molecule has 5 nitrogen and oxygen atoms in total. The molecule has 3 rings (SSSR count). The molecule has 25 heavy (non-hydrogen) atoms. The Morgan fingerprint density at radius 2 is 2.16 bits per heavy atom. The summed E-state index contributed by atoms with van der Waals surface area (Å²) in [5.74, 6) is 0.0714. The second-order valence-electron chi connectivity index (χ2n) is 5.49. The molecule has 3 aromatic rings. The number of carbonyl (C=O) groups is 1. The number of ether oxygens (including phenoxy) is 2.